The lowest BCUT2D eigenvalue weighted by molar-refractivity contribution is -0.274. The second-order valence-electron chi connectivity index (χ2n) is 6.84. The van der Waals surface area contributed by atoms with Crippen molar-refractivity contribution in [3.05, 3.63) is 41.1 Å². The van der Waals surface area contributed by atoms with E-state index in [4.69, 9.17) is 5.73 Å². The third kappa shape index (κ3) is 8.86. The molecule has 0 fully saturated rings. The van der Waals surface area contributed by atoms with Crippen LogP contribution in [0.25, 0.3) is 0 Å². The minimum atomic E-state index is -4.89. The Morgan fingerprint density at radius 1 is 1.16 bits per heavy atom. The Labute approximate surface area is 179 Å². The summed E-state index contributed by atoms with van der Waals surface area (Å²) in [6.45, 7) is 3.35. The number of rotatable bonds is 7. The number of nitrogens with one attached hydrogen (secondary N) is 2. The molecule has 1 aromatic carbocycles. The molecule has 1 rings (SSSR count). The molecule has 1 unspecified atom stereocenters. The minimum Gasteiger partial charge on any atom is -0.406 e. The summed E-state index contributed by atoms with van der Waals surface area (Å²) in [5, 5.41) is 4.35. The molecule has 13 heteroatoms. The van der Waals surface area contributed by atoms with Gasteiger partial charge in [0.1, 0.15) is 11.6 Å². The van der Waals surface area contributed by atoms with E-state index in [1.165, 1.54) is 19.2 Å². The fraction of sp³-hybridized carbons (Fsp3) is 0.421. The molecule has 0 bridgehead atoms. The second kappa shape index (κ2) is 10.9. The molecule has 0 aliphatic carbocycles. The number of ether oxygens (including phenoxy) is 1. The molecule has 32 heavy (non-hydrogen) atoms. The SMILES string of the molecule is CNC(=O)NC(=NC(c1ccc(OC(F)(F)F)cc1)C(C)C)C(C=O)=C(N)CC(F)(F)F. The molecule has 0 aliphatic rings. The van der Waals surface area contributed by atoms with Gasteiger partial charge < -0.3 is 15.8 Å². The summed E-state index contributed by atoms with van der Waals surface area (Å²) in [7, 11) is 1.23. The van der Waals surface area contributed by atoms with Crippen molar-refractivity contribution in [3.8, 4) is 5.75 Å². The van der Waals surface area contributed by atoms with Crippen molar-refractivity contribution in [1.82, 2.24) is 10.6 Å². The highest BCUT2D eigenvalue weighted by molar-refractivity contribution is 6.18. The van der Waals surface area contributed by atoms with Crippen LogP contribution in [-0.4, -0.2) is 37.7 Å². The molecular formula is C19H22F6N4O3. The molecule has 1 atom stereocenters. The molecule has 0 heterocycles. The largest absolute Gasteiger partial charge is 0.573 e. The van der Waals surface area contributed by atoms with Crippen molar-refractivity contribution in [2.24, 2.45) is 16.6 Å². The van der Waals surface area contributed by atoms with Gasteiger partial charge >= 0.3 is 18.6 Å². The van der Waals surface area contributed by atoms with Gasteiger partial charge in [0.2, 0.25) is 0 Å². The van der Waals surface area contributed by atoms with Gasteiger partial charge in [-0.1, -0.05) is 26.0 Å². The Morgan fingerprint density at radius 2 is 1.72 bits per heavy atom. The summed E-state index contributed by atoms with van der Waals surface area (Å²) in [4.78, 5) is 27.5. The van der Waals surface area contributed by atoms with Gasteiger partial charge in [0.25, 0.3) is 0 Å². The van der Waals surface area contributed by atoms with Gasteiger partial charge in [0, 0.05) is 12.7 Å². The molecule has 0 radical (unpaired) electrons. The molecule has 0 aliphatic heterocycles. The van der Waals surface area contributed by atoms with Crippen LogP contribution in [0.4, 0.5) is 31.1 Å². The maximum Gasteiger partial charge on any atom is 0.573 e. The van der Waals surface area contributed by atoms with Crippen LogP contribution >= 0.6 is 0 Å². The minimum absolute atomic E-state index is 0.0352. The summed E-state index contributed by atoms with van der Waals surface area (Å²) in [5.41, 5.74) is 4.27. The quantitative estimate of drug-likeness (QED) is 0.185. The summed E-state index contributed by atoms with van der Waals surface area (Å²) in [6, 6.07) is 2.88. The first-order valence-corrected chi connectivity index (χ1v) is 9.10. The van der Waals surface area contributed by atoms with E-state index in [9.17, 15) is 35.9 Å². The molecule has 0 spiro atoms. The molecule has 0 saturated heterocycles. The van der Waals surface area contributed by atoms with E-state index in [0.717, 1.165) is 12.1 Å². The zero-order valence-corrected chi connectivity index (χ0v) is 17.3. The third-order valence-corrected chi connectivity index (χ3v) is 3.92. The number of amides is 2. The number of nitrogens with zero attached hydrogens (tertiary/aromatic N) is 1. The van der Waals surface area contributed by atoms with Crippen LogP contribution in [0.2, 0.25) is 0 Å². The first-order chi connectivity index (χ1) is 14.7. The van der Waals surface area contributed by atoms with E-state index in [2.05, 4.69) is 20.4 Å². The summed E-state index contributed by atoms with van der Waals surface area (Å²) < 4.78 is 79.1. The van der Waals surface area contributed by atoms with Crippen LogP contribution in [0.1, 0.15) is 31.9 Å². The van der Waals surface area contributed by atoms with Crippen LogP contribution in [0, 0.1) is 5.92 Å². The molecule has 4 N–H and O–H groups in total. The zero-order chi connectivity index (χ0) is 24.7. The topological polar surface area (TPSA) is 106 Å². The smallest absolute Gasteiger partial charge is 0.406 e. The number of allylic oxidation sites excluding steroid dienone is 1. The lowest BCUT2D eigenvalue weighted by atomic mass is 9.96. The number of aldehydes is 1. The van der Waals surface area contributed by atoms with Crippen molar-refractivity contribution in [3.63, 3.8) is 0 Å². The predicted octanol–water partition coefficient (Wildman–Crippen LogP) is 3.97. The lowest BCUT2D eigenvalue weighted by Gasteiger charge is -2.21. The first kappa shape index (κ1) is 26.8. The van der Waals surface area contributed by atoms with E-state index in [1.807, 2.05) is 0 Å². The Kier molecular flexibility index (Phi) is 9.09. The van der Waals surface area contributed by atoms with Crippen molar-refractivity contribution in [2.75, 3.05) is 7.05 Å². The van der Waals surface area contributed by atoms with E-state index in [0.29, 0.717) is 5.56 Å². The average Bonchev–Trinajstić information content (AvgIpc) is 2.64. The highest BCUT2D eigenvalue weighted by atomic mass is 19.4. The number of carbonyl (C=O) groups excluding carboxylic acids is 2. The second-order valence-corrected chi connectivity index (χ2v) is 6.84. The van der Waals surface area contributed by atoms with Gasteiger partial charge in [0.15, 0.2) is 6.29 Å². The highest BCUT2D eigenvalue weighted by Gasteiger charge is 2.32. The van der Waals surface area contributed by atoms with Gasteiger partial charge in [-0.15, -0.1) is 13.2 Å². The number of hydrogen-bond donors (Lipinski definition) is 3. The van der Waals surface area contributed by atoms with E-state index in [-0.39, 0.29) is 12.2 Å². The van der Waals surface area contributed by atoms with Crippen LogP contribution < -0.4 is 21.1 Å². The van der Waals surface area contributed by atoms with E-state index < -0.39 is 53.9 Å². The summed E-state index contributed by atoms with van der Waals surface area (Å²) in [6.07, 6.45) is -11.2. The van der Waals surface area contributed by atoms with Crippen LogP contribution in [-0.2, 0) is 4.79 Å². The molecule has 0 saturated carbocycles. The number of urea groups is 1. The monoisotopic (exact) mass is 468 g/mol. The normalized spacial score (nSPS) is 14.5. The lowest BCUT2D eigenvalue weighted by Crippen LogP contribution is -2.40. The standard InChI is InChI=1S/C19H22F6N4O3/c1-10(2)15(11-4-6-12(7-5-11)32-19(23,24)25)28-16(29-17(31)27-3)13(9-30)14(26)8-18(20,21)22/h4-7,9-10,15H,8,26H2,1-3H3,(H2,27,28,29,31). The Morgan fingerprint density at radius 3 is 2.12 bits per heavy atom. The Hall–Kier alpha value is -3.25. The maximum absolute atomic E-state index is 12.7. The Bertz CT molecular complexity index is 861. The highest BCUT2D eigenvalue weighted by Crippen LogP contribution is 2.30. The number of hydrogen-bond acceptors (Lipinski definition) is 5. The van der Waals surface area contributed by atoms with Gasteiger partial charge in [0.05, 0.1) is 18.0 Å². The van der Waals surface area contributed by atoms with Crippen molar-refractivity contribution >= 4 is 18.2 Å². The number of aliphatic imine (C=N–C) groups is 1. The van der Waals surface area contributed by atoms with Gasteiger partial charge in [-0.05, 0) is 23.6 Å². The number of nitrogens with two attached hydrogens (primary N) is 1. The first-order valence-electron chi connectivity index (χ1n) is 9.10. The maximum atomic E-state index is 12.7. The molecule has 0 aromatic heterocycles. The molecule has 7 nitrogen and oxygen atoms in total. The van der Waals surface area contributed by atoms with Crippen LogP contribution in [0.15, 0.2) is 40.5 Å². The molecule has 178 valence electrons. The molecular weight excluding hydrogens is 446 g/mol. The van der Waals surface area contributed by atoms with Gasteiger partial charge in [-0.25, -0.2) is 4.79 Å². The van der Waals surface area contributed by atoms with E-state index in [1.54, 1.807) is 13.8 Å². The number of halogens is 6. The Balaban J connectivity index is 3.48. The summed E-state index contributed by atoms with van der Waals surface area (Å²) in [5.74, 6) is -1.35. The van der Waals surface area contributed by atoms with Gasteiger partial charge in [-0.3, -0.25) is 15.1 Å². The summed E-state index contributed by atoms with van der Waals surface area (Å²) >= 11 is 0. The average molecular weight is 468 g/mol. The van der Waals surface area contributed by atoms with Crippen LogP contribution in [0.5, 0.6) is 5.75 Å². The van der Waals surface area contributed by atoms with Crippen molar-refractivity contribution < 1.29 is 40.7 Å². The molecule has 2 amide bonds. The predicted molar refractivity (Wildman–Crippen MR) is 104 cm³/mol. The van der Waals surface area contributed by atoms with Crippen molar-refractivity contribution in [1.29, 1.82) is 0 Å². The number of amidine groups is 1. The third-order valence-electron chi connectivity index (χ3n) is 3.92. The van der Waals surface area contributed by atoms with Crippen LogP contribution in [0.3, 0.4) is 0 Å². The zero-order valence-electron chi connectivity index (χ0n) is 17.3. The van der Waals surface area contributed by atoms with Gasteiger partial charge in [-0.2, -0.15) is 13.2 Å². The van der Waals surface area contributed by atoms with E-state index >= 15 is 0 Å². The fourth-order valence-corrected chi connectivity index (χ4v) is 2.55. The van der Waals surface area contributed by atoms with Crippen molar-refractivity contribution in [2.45, 2.75) is 38.8 Å². The fourth-order valence-electron chi connectivity index (χ4n) is 2.55. The molecule has 1 aromatic rings. The number of benzene rings is 1. The number of carbonyl (C=O) groups is 2. The number of alkyl halides is 6.